The molecule has 1 fully saturated rings. The number of Topliss-reactive ketones (excluding diaryl/α,β-unsaturated/α-hetero) is 1. The zero-order valence-electron chi connectivity index (χ0n) is 9.37. The molecule has 1 aliphatic rings. The minimum atomic E-state index is -3.57. The van der Waals surface area contributed by atoms with Crippen molar-refractivity contribution in [3.05, 3.63) is 43.0 Å². The van der Waals surface area contributed by atoms with E-state index in [4.69, 9.17) is 0 Å². The van der Waals surface area contributed by atoms with Crippen LogP contribution in [0.3, 0.4) is 0 Å². The second kappa shape index (κ2) is 4.45. The molecule has 0 radical (unpaired) electrons. The lowest BCUT2D eigenvalue weighted by Crippen LogP contribution is -2.30. The lowest BCUT2D eigenvalue weighted by molar-refractivity contribution is -0.117. The largest absolute Gasteiger partial charge is 0.298 e. The van der Waals surface area contributed by atoms with Gasteiger partial charge in [0.2, 0.25) is 0 Å². The molecule has 2 unspecified atom stereocenters. The van der Waals surface area contributed by atoms with Crippen molar-refractivity contribution in [1.82, 2.24) is 0 Å². The Kier molecular flexibility index (Phi) is 3.15. The van der Waals surface area contributed by atoms with Crippen LogP contribution in [-0.2, 0) is 14.6 Å². The summed E-state index contributed by atoms with van der Waals surface area (Å²) in [5.41, 5.74) is 0. The van der Waals surface area contributed by atoms with Crippen LogP contribution in [-0.4, -0.2) is 19.5 Å². The average molecular weight is 250 g/mol. The molecule has 4 heteroatoms. The van der Waals surface area contributed by atoms with E-state index >= 15 is 0 Å². The van der Waals surface area contributed by atoms with E-state index in [2.05, 4.69) is 6.58 Å². The Morgan fingerprint density at radius 1 is 1.24 bits per heavy atom. The normalized spacial score (nSPS) is 24.8. The summed E-state index contributed by atoms with van der Waals surface area (Å²) in [6.45, 7) is 3.62. The van der Waals surface area contributed by atoms with Gasteiger partial charge in [0.15, 0.2) is 15.6 Å². The van der Waals surface area contributed by atoms with Gasteiger partial charge in [-0.15, -0.1) is 6.58 Å². The summed E-state index contributed by atoms with van der Waals surface area (Å²) in [5.74, 6) is -0.452. The molecule has 90 valence electrons. The molecule has 0 bridgehead atoms. The molecule has 0 N–H and O–H groups in total. The number of hydrogen-bond donors (Lipinski definition) is 0. The van der Waals surface area contributed by atoms with Gasteiger partial charge in [-0.05, 0) is 18.6 Å². The topological polar surface area (TPSA) is 51.2 Å². The highest BCUT2D eigenvalue weighted by Gasteiger charge is 2.43. The van der Waals surface area contributed by atoms with E-state index in [0.717, 1.165) is 0 Å². The Bertz CT molecular complexity index is 531. The zero-order chi connectivity index (χ0) is 12.5. The summed E-state index contributed by atoms with van der Waals surface area (Å²) < 4.78 is 24.7. The van der Waals surface area contributed by atoms with Crippen molar-refractivity contribution in [3.8, 4) is 0 Å². The third kappa shape index (κ3) is 2.05. The lowest BCUT2D eigenvalue weighted by atomic mass is 10.1. The molecular weight excluding hydrogens is 236 g/mol. The Morgan fingerprint density at radius 2 is 1.88 bits per heavy atom. The lowest BCUT2D eigenvalue weighted by Gasteiger charge is -2.15. The molecule has 0 amide bonds. The number of sulfone groups is 1. The third-order valence-electron chi connectivity index (χ3n) is 3.14. The number of carbonyl (C=O) groups excluding carboxylic acids is 1. The van der Waals surface area contributed by atoms with Crippen LogP contribution in [0.4, 0.5) is 0 Å². The van der Waals surface area contributed by atoms with E-state index in [1.165, 1.54) is 12.1 Å². The van der Waals surface area contributed by atoms with E-state index < -0.39 is 15.1 Å². The van der Waals surface area contributed by atoms with E-state index in [9.17, 15) is 13.2 Å². The summed E-state index contributed by atoms with van der Waals surface area (Å²) >= 11 is 0. The van der Waals surface area contributed by atoms with Crippen LogP contribution in [0.25, 0.3) is 0 Å². The molecule has 1 aromatic rings. The van der Waals surface area contributed by atoms with Gasteiger partial charge in [-0.25, -0.2) is 8.42 Å². The van der Waals surface area contributed by atoms with Crippen LogP contribution < -0.4 is 0 Å². The van der Waals surface area contributed by atoms with Gasteiger partial charge in [-0.3, -0.25) is 4.79 Å². The number of carbonyl (C=O) groups is 1. The molecule has 3 nitrogen and oxygen atoms in total. The molecule has 0 aromatic heterocycles. The first-order valence-electron chi connectivity index (χ1n) is 5.51. The Balaban J connectivity index is 2.45. The Morgan fingerprint density at radius 3 is 2.47 bits per heavy atom. The number of hydrogen-bond acceptors (Lipinski definition) is 3. The van der Waals surface area contributed by atoms with Crippen LogP contribution in [0.5, 0.6) is 0 Å². The predicted octanol–water partition coefficient (Wildman–Crippen LogP) is 1.99. The van der Waals surface area contributed by atoms with Gasteiger partial charge in [0.1, 0.15) is 5.25 Å². The van der Waals surface area contributed by atoms with Crippen LogP contribution >= 0.6 is 0 Å². The Hall–Kier alpha value is -1.42. The highest BCUT2D eigenvalue weighted by Crippen LogP contribution is 2.32. The van der Waals surface area contributed by atoms with Crippen LogP contribution in [0, 0.1) is 5.92 Å². The highest BCUT2D eigenvalue weighted by atomic mass is 32.2. The van der Waals surface area contributed by atoms with Gasteiger partial charge in [0.05, 0.1) is 4.90 Å². The number of benzene rings is 1. The maximum atomic E-state index is 12.3. The molecular formula is C13H14O3S. The van der Waals surface area contributed by atoms with Gasteiger partial charge >= 0.3 is 0 Å². The van der Waals surface area contributed by atoms with E-state index in [0.29, 0.717) is 12.8 Å². The first-order chi connectivity index (χ1) is 8.07. The minimum absolute atomic E-state index is 0.196. The molecule has 0 heterocycles. The Labute approximate surface area is 101 Å². The maximum absolute atomic E-state index is 12.3. The van der Waals surface area contributed by atoms with E-state index in [1.54, 1.807) is 24.3 Å². The summed E-state index contributed by atoms with van der Waals surface area (Å²) in [4.78, 5) is 12.0. The molecule has 17 heavy (non-hydrogen) atoms. The van der Waals surface area contributed by atoms with Crippen molar-refractivity contribution in [2.24, 2.45) is 5.92 Å². The molecule has 0 saturated heterocycles. The van der Waals surface area contributed by atoms with Crippen molar-refractivity contribution in [3.63, 3.8) is 0 Å². The summed E-state index contributed by atoms with van der Waals surface area (Å²) in [6, 6.07) is 8.13. The van der Waals surface area contributed by atoms with E-state index in [-0.39, 0.29) is 16.6 Å². The van der Waals surface area contributed by atoms with E-state index in [1.807, 2.05) is 0 Å². The number of ketones is 1. The first-order valence-corrected chi connectivity index (χ1v) is 7.06. The van der Waals surface area contributed by atoms with Crippen molar-refractivity contribution in [1.29, 1.82) is 0 Å². The van der Waals surface area contributed by atoms with Crippen LogP contribution in [0.2, 0.25) is 0 Å². The van der Waals surface area contributed by atoms with Crippen molar-refractivity contribution in [2.75, 3.05) is 0 Å². The zero-order valence-corrected chi connectivity index (χ0v) is 10.2. The SMILES string of the molecule is C=CC1CCC(=O)C1S(=O)(=O)c1ccccc1. The summed E-state index contributed by atoms with van der Waals surface area (Å²) in [5, 5.41) is -0.942. The molecule has 2 rings (SSSR count). The smallest absolute Gasteiger partial charge is 0.188 e. The second-order valence-corrected chi connectivity index (χ2v) is 6.25. The second-order valence-electron chi connectivity index (χ2n) is 4.18. The van der Waals surface area contributed by atoms with Crippen molar-refractivity contribution < 1.29 is 13.2 Å². The van der Waals surface area contributed by atoms with Gasteiger partial charge in [0.25, 0.3) is 0 Å². The predicted molar refractivity (Wildman–Crippen MR) is 65.3 cm³/mol. The minimum Gasteiger partial charge on any atom is -0.298 e. The van der Waals surface area contributed by atoms with Crippen LogP contribution in [0.1, 0.15) is 12.8 Å². The van der Waals surface area contributed by atoms with Crippen molar-refractivity contribution in [2.45, 2.75) is 23.0 Å². The average Bonchev–Trinajstić information content (AvgIpc) is 2.72. The molecule has 1 aromatic carbocycles. The quantitative estimate of drug-likeness (QED) is 0.771. The highest BCUT2D eigenvalue weighted by molar-refractivity contribution is 7.92. The van der Waals surface area contributed by atoms with Crippen molar-refractivity contribution >= 4 is 15.6 Å². The molecule has 2 atom stereocenters. The molecule has 0 aliphatic heterocycles. The maximum Gasteiger partial charge on any atom is 0.188 e. The first kappa shape index (κ1) is 12.0. The number of rotatable bonds is 3. The third-order valence-corrected chi connectivity index (χ3v) is 5.35. The summed E-state index contributed by atoms with van der Waals surface area (Å²) in [7, 11) is -3.57. The fraction of sp³-hybridized carbons (Fsp3) is 0.308. The number of allylic oxidation sites excluding steroid dienone is 1. The molecule has 0 spiro atoms. The fourth-order valence-electron chi connectivity index (χ4n) is 2.24. The van der Waals surface area contributed by atoms with Gasteiger partial charge in [0, 0.05) is 12.3 Å². The molecule has 1 saturated carbocycles. The summed E-state index contributed by atoms with van der Waals surface area (Å²) in [6.07, 6.45) is 2.49. The molecule has 1 aliphatic carbocycles. The fourth-order valence-corrected chi connectivity index (χ4v) is 4.24. The van der Waals surface area contributed by atoms with Gasteiger partial charge in [-0.1, -0.05) is 24.3 Å². The van der Waals surface area contributed by atoms with Gasteiger partial charge in [-0.2, -0.15) is 0 Å². The van der Waals surface area contributed by atoms with Gasteiger partial charge < -0.3 is 0 Å². The standard InChI is InChI=1S/C13H14O3S/c1-2-10-8-9-12(14)13(10)17(15,16)11-6-4-3-5-7-11/h2-7,10,13H,1,8-9H2. The van der Waals surface area contributed by atoms with Crippen LogP contribution in [0.15, 0.2) is 47.9 Å². The monoisotopic (exact) mass is 250 g/mol.